The van der Waals surface area contributed by atoms with Crippen LogP contribution in [0.1, 0.15) is 11.1 Å². The normalized spacial score (nSPS) is 15.3. The Labute approximate surface area is 167 Å². The number of non-ortho nitro benzene ring substituents is 1. The molecule has 0 spiro atoms. The molecule has 1 aliphatic heterocycles. The molecular formula is C17H11N3O6S2. The second kappa shape index (κ2) is 7.74. The number of nitro benzene ring substituents is 2. The Morgan fingerprint density at radius 1 is 1.14 bits per heavy atom. The average molecular weight is 417 g/mol. The van der Waals surface area contributed by atoms with Crippen LogP contribution in [0.15, 0.2) is 47.4 Å². The van der Waals surface area contributed by atoms with Crippen molar-refractivity contribution < 1.29 is 19.7 Å². The summed E-state index contributed by atoms with van der Waals surface area (Å²) in [7, 11) is 0. The first-order chi connectivity index (χ1) is 13.3. The van der Waals surface area contributed by atoms with Gasteiger partial charge < -0.3 is 5.11 Å². The van der Waals surface area contributed by atoms with Crippen LogP contribution >= 0.6 is 24.0 Å². The number of rotatable bonds is 5. The predicted molar refractivity (Wildman–Crippen MR) is 107 cm³/mol. The fourth-order valence-electron chi connectivity index (χ4n) is 2.52. The van der Waals surface area contributed by atoms with Crippen LogP contribution in [-0.2, 0) is 11.3 Å². The molecule has 0 atom stereocenters. The summed E-state index contributed by atoms with van der Waals surface area (Å²) in [6, 6.07) is 10.8. The highest BCUT2D eigenvalue weighted by Gasteiger charge is 2.33. The highest BCUT2D eigenvalue weighted by atomic mass is 32.2. The lowest BCUT2D eigenvalue weighted by atomic mass is 10.1. The van der Waals surface area contributed by atoms with Gasteiger partial charge in [0.15, 0.2) is 0 Å². The van der Waals surface area contributed by atoms with E-state index in [0.29, 0.717) is 6.07 Å². The van der Waals surface area contributed by atoms with Crippen LogP contribution < -0.4 is 0 Å². The minimum atomic E-state index is -0.930. The molecule has 142 valence electrons. The lowest BCUT2D eigenvalue weighted by molar-refractivity contribution is -0.394. The van der Waals surface area contributed by atoms with Gasteiger partial charge in [-0.05, 0) is 11.6 Å². The monoisotopic (exact) mass is 417 g/mol. The third-order valence-electron chi connectivity index (χ3n) is 3.86. The molecule has 1 N–H and O–H groups in total. The van der Waals surface area contributed by atoms with E-state index in [1.165, 1.54) is 11.0 Å². The van der Waals surface area contributed by atoms with E-state index in [-0.39, 0.29) is 21.3 Å². The number of carbonyl (C=O) groups excluding carboxylic acids is 1. The standard InChI is InChI=1S/C17H11N3O6S2/c21-15-11(6-12(19(23)24)8-13(15)20(25)26)7-14-16(22)18(17(27)28-14)9-10-4-2-1-3-5-10/h1-8,21H,9H2. The van der Waals surface area contributed by atoms with E-state index in [1.54, 1.807) is 0 Å². The molecule has 2 aromatic rings. The fourth-order valence-corrected chi connectivity index (χ4v) is 3.77. The smallest absolute Gasteiger partial charge is 0.318 e. The van der Waals surface area contributed by atoms with Crippen molar-refractivity contribution in [3.63, 3.8) is 0 Å². The van der Waals surface area contributed by atoms with Crippen LogP contribution in [-0.4, -0.2) is 30.1 Å². The summed E-state index contributed by atoms with van der Waals surface area (Å²) in [6.07, 6.45) is 1.17. The van der Waals surface area contributed by atoms with Crippen LogP contribution in [0.2, 0.25) is 0 Å². The quantitative estimate of drug-likeness (QED) is 0.338. The lowest BCUT2D eigenvalue weighted by Gasteiger charge is -2.14. The van der Waals surface area contributed by atoms with Gasteiger partial charge in [0.1, 0.15) is 4.32 Å². The zero-order valence-electron chi connectivity index (χ0n) is 14.0. The van der Waals surface area contributed by atoms with E-state index in [2.05, 4.69) is 0 Å². The second-order valence-electron chi connectivity index (χ2n) is 5.67. The topological polar surface area (TPSA) is 127 Å². The number of phenols is 1. The number of benzene rings is 2. The van der Waals surface area contributed by atoms with Gasteiger partial charge in [-0.3, -0.25) is 29.9 Å². The largest absolute Gasteiger partial charge is 0.502 e. The summed E-state index contributed by atoms with van der Waals surface area (Å²) < 4.78 is 0.277. The maximum absolute atomic E-state index is 12.7. The predicted octanol–water partition coefficient (Wildman–Crippen LogP) is 3.61. The van der Waals surface area contributed by atoms with Crippen molar-refractivity contribution in [1.82, 2.24) is 4.90 Å². The summed E-state index contributed by atoms with van der Waals surface area (Å²) in [6.45, 7) is 0.240. The number of nitro groups is 2. The van der Waals surface area contributed by atoms with Gasteiger partial charge in [0.2, 0.25) is 5.75 Å². The molecule has 1 heterocycles. The van der Waals surface area contributed by atoms with Crippen molar-refractivity contribution in [3.05, 3.63) is 78.7 Å². The minimum Gasteiger partial charge on any atom is -0.502 e. The third kappa shape index (κ3) is 3.85. The maximum Gasteiger partial charge on any atom is 0.318 e. The van der Waals surface area contributed by atoms with Gasteiger partial charge in [0.05, 0.1) is 27.4 Å². The van der Waals surface area contributed by atoms with Gasteiger partial charge in [-0.25, -0.2) is 0 Å². The van der Waals surface area contributed by atoms with Crippen molar-refractivity contribution in [3.8, 4) is 5.75 Å². The second-order valence-corrected chi connectivity index (χ2v) is 7.35. The number of nitrogens with zero attached hydrogens (tertiary/aromatic N) is 3. The number of amides is 1. The molecule has 0 radical (unpaired) electrons. The Hall–Kier alpha value is -3.31. The molecule has 2 aromatic carbocycles. The van der Waals surface area contributed by atoms with E-state index < -0.39 is 32.9 Å². The van der Waals surface area contributed by atoms with E-state index in [4.69, 9.17) is 12.2 Å². The molecule has 3 rings (SSSR count). The molecule has 1 saturated heterocycles. The van der Waals surface area contributed by atoms with E-state index >= 15 is 0 Å². The summed E-state index contributed by atoms with van der Waals surface area (Å²) in [4.78, 5) is 34.5. The first-order valence-corrected chi connectivity index (χ1v) is 8.95. The minimum absolute atomic E-state index is 0.103. The van der Waals surface area contributed by atoms with E-state index in [9.17, 15) is 30.1 Å². The number of carbonyl (C=O) groups is 1. The first-order valence-electron chi connectivity index (χ1n) is 7.73. The number of phenolic OH excluding ortho intramolecular Hbond substituents is 1. The Kier molecular flexibility index (Phi) is 5.38. The molecule has 0 unspecified atom stereocenters. The number of aromatic hydroxyl groups is 1. The van der Waals surface area contributed by atoms with E-state index in [1.807, 2.05) is 30.3 Å². The average Bonchev–Trinajstić information content (AvgIpc) is 2.91. The van der Waals surface area contributed by atoms with Gasteiger partial charge in [-0.15, -0.1) is 0 Å². The summed E-state index contributed by atoms with van der Waals surface area (Å²) >= 11 is 6.18. The molecule has 28 heavy (non-hydrogen) atoms. The van der Waals surface area contributed by atoms with Crippen molar-refractivity contribution in [2.75, 3.05) is 0 Å². The summed E-state index contributed by atoms with van der Waals surface area (Å²) in [5.74, 6) is -1.21. The SMILES string of the molecule is O=C1C(=Cc2cc([N+](=O)[O-])cc([N+](=O)[O-])c2O)SC(=S)N1Cc1ccccc1. The van der Waals surface area contributed by atoms with Crippen LogP contribution in [0.5, 0.6) is 5.75 Å². The van der Waals surface area contributed by atoms with Crippen molar-refractivity contribution in [1.29, 1.82) is 0 Å². The van der Waals surface area contributed by atoms with Crippen LogP contribution in [0, 0.1) is 20.2 Å². The molecule has 1 amide bonds. The summed E-state index contributed by atoms with van der Waals surface area (Å²) in [5, 5.41) is 32.2. The number of hydrogen-bond acceptors (Lipinski definition) is 8. The molecule has 0 bridgehead atoms. The van der Waals surface area contributed by atoms with Gasteiger partial charge in [-0.1, -0.05) is 54.3 Å². The van der Waals surface area contributed by atoms with Crippen LogP contribution in [0.3, 0.4) is 0 Å². The van der Waals surface area contributed by atoms with Gasteiger partial charge >= 0.3 is 5.69 Å². The molecule has 0 aromatic heterocycles. The molecule has 1 aliphatic rings. The van der Waals surface area contributed by atoms with Crippen LogP contribution in [0.4, 0.5) is 11.4 Å². The van der Waals surface area contributed by atoms with Gasteiger partial charge in [0, 0.05) is 11.6 Å². The molecule has 1 fully saturated rings. The molecule has 11 heteroatoms. The summed E-state index contributed by atoms with van der Waals surface area (Å²) in [5.41, 5.74) is -0.745. The number of thiocarbonyl (C=S) groups is 1. The van der Waals surface area contributed by atoms with Gasteiger partial charge in [0.25, 0.3) is 11.6 Å². The van der Waals surface area contributed by atoms with E-state index in [0.717, 1.165) is 23.4 Å². The van der Waals surface area contributed by atoms with Crippen LogP contribution in [0.25, 0.3) is 6.08 Å². The van der Waals surface area contributed by atoms with Crippen molar-refractivity contribution in [2.45, 2.75) is 6.54 Å². The Morgan fingerprint density at radius 3 is 2.43 bits per heavy atom. The molecular weight excluding hydrogens is 406 g/mol. The zero-order valence-corrected chi connectivity index (χ0v) is 15.6. The van der Waals surface area contributed by atoms with Crippen molar-refractivity contribution in [2.24, 2.45) is 0 Å². The van der Waals surface area contributed by atoms with Crippen molar-refractivity contribution >= 4 is 51.7 Å². The number of thioether (sulfide) groups is 1. The third-order valence-corrected chi connectivity index (χ3v) is 5.23. The highest BCUT2D eigenvalue weighted by molar-refractivity contribution is 8.26. The Balaban J connectivity index is 1.98. The highest BCUT2D eigenvalue weighted by Crippen LogP contribution is 2.39. The molecule has 0 aliphatic carbocycles. The first kappa shape index (κ1) is 19.5. The van der Waals surface area contributed by atoms with Gasteiger partial charge in [-0.2, -0.15) is 0 Å². The maximum atomic E-state index is 12.7. The Bertz CT molecular complexity index is 1040. The molecule has 0 saturated carbocycles. The molecule has 9 nitrogen and oxygen atoms in total. The lowest BCUT2D eigenvalue weighted by Crippen LogP contribution is -2.27. The Morgan fingerprint density at radius 2 is 1.82 bits per heavy atom. The fraction of sp³-hybridized carbons (Fsp3) is 0.0588. The number of hydrogen-bond donors (Lipinski definition) is 1. The zero-order chi connectivity index (χ0) is 20.4.